The number of pyridine rings is 1. The highest BCUT2D eigenvalue weighted by molar-refractivity contribution is 5.41. The first kappa shape index (κ1) is 14.3. The number of hydrogen-bond acceptors (Lipinski definition) is 3. The Bertz CT molecular complexity index is 397. The highest BCUT2D eigenvalue weighted by Gasteiger charge is 2.21. The Balaban J connectivity index is 1.99. The number of rotatable bonds is 8. The third-order valence-corrected chi connectivity index (χ3v) is 3.26. The van der Waals surface area contributed by atoms with E-state index in [-0.39, 0.29) is 0 Å². The van der Waals surface area contributed by atoms with E-state index in [2.05, 4.69) is 43.5 Å². The van der Waals surface area contributed by atoms with Crippen LogP contribution in [-0.2, 0) is 13.0 Å². The maximum atomic E-state index is 4.71. The molecule has 0 unspecified atom stereocenters. The molecule has 1 aliphatic carbocycles. The molecule has 1 saturated carbocycles. The van der Waals surface area contributed by atoms with Gasteiger partial charge < -0.3 is 10.6 Å². The Kier molecular flexibility index (Phi) is 5.20. The predicted molar refractivity (Wildman–Crippen MR) is 81.4 cm³/mol. The molecule has 3 heteroatoms. The van der Waals surface area contributed by atoms with Crippen molar-refractivity contribution in [1.29, 1.82) is 0 Å². The minimum atomic E-state index is 0.667. The molecule has 1 heterocycles. The summed E-state index contributed by atoms with van der Waals surface area (Å²) in [6.07, 6.45) is 4.80. The van der Waals surface area contributed by atoms with E-state index in [9.17, 15) is 0 Å². The molecule has 0 saturated heterocycles. The first-order valence-corrected chi connectivity index (χ1v) is 7.64. The van der Waals surface area contributed by atoms with E-state index in [1.54, 1.807) is 0 Å². The van der Waals surface area contributed by atoms with Crippen molar-refractivity contribution in [2.75, 3.05) is 11.9 Å². The van der Waals surface area contributed by atoms with Gasteiger partial charge in [0.2, 0.25) is 0 Å². The van der Waals surface area contributed by atoms with Gasteiger partial charge in [0, 0.05) is 18.3 Å². The molecule has 3 nitrogen and oxygen atoms in total. The Morgan fingerprint density at radius 3 is 2.74 bits per heavy atom. The molecule has 106 valence electrons. The van der Waals surface area contributed by atoms with Gasteiger partial charge in [0.1, 0.15) is 5.82 Å². The Hall–Kier alpha value is -1.09. The molecule has 1 fully saturated rings. The minimum Gasteiger partial charge on any atom is -0.367 e. The molecule has 0 bridgehead atoms. The SMILES string of the molecule is CCCc1cc(CNCC(C)C)cc(NC2CC2)n1. The Labute approximate surface area is 117 Å². The highest BCUT2D eigenvalue weighted by Crippen LogP contribution is 2.24. The zero-order chi connectivity index (χ0) is 13.7. The maximum absolute atomic E-state index is 4.71. The summed E-state index contributed by atoms with van der Waals surface area (Å²) in [6.45, 7) is 8.69. The van der Waals surface area contributed by atoms with Gasteiger partial charge in [0.05, 0.1) is 0 Å². The van der Waals surface area contributed by atoms with Crippen LogP contribution < -0.4 is 10.6 Å². The standard InChI is InChI=1S/C16H27N3/c1-4-5-15-8-13(11-17-10-12(2)3)9-16(19-15)18-14-6-7-14/h8-9,12,14,17H,4-7,10-11H2,1-3H3,(H,18,19). The van der Waals surface area contributed by atoms with Gasteiger partial charge in [-0.25, -0.2) is 4.98 Å². The van der Waals surface area contributed by atoms with Crippen LogP contribution in [0.1, 0.15) is 51.3 Å². The molecular formula is C16H27N3. The molecule has 1 aromatic rings. The average Bonchev–Trinajstić information content (AvgIpc) is 3.12. The first-order chi connectivity index (χ1) is 9.17. The summed E-state index contributed by atoms with van der Waals surface area (Å²) in [5.74, 6) is 1.76. The van der Waals surface area contributed by atoms with Crippen molar-refractivity contribution in [3.05, 3.63) is 23.4 Å². The van der Waals surface area contributed by atoms with Crippen molar-refractivity contribution in [2.24, 2.45) is 5.92 Å². The smallest absolute Gasteiger partial charge is 0.126 e. The summed E-state index contributed by atoms with van der Waals surface area (Å²) in [5, 5.41) is 7.03. The second-order valence-corrected chi connectivity index (χ2v) is 6.05. The van der Waals surface area contributed by atoms with E-state index < -0.39 is 0 Å². The van der Waals surface area contributed by atoms with Crippen LogP contribution in [0.25, 0.3) is 0 Å². The molecular weight excluding hydrogens is 234 g/mol. The fourth-order valence-corrected chi connectivity index (χ4v) is 2.15. The lowest BCUT2D eigenvalue weighted by Gasteiger charge is -2.12. The molecule has 0 aromatic carbocycles. The van der Waals surface area contributed by atoms with Crippen molar-refractivity contribution in [3.63, 3.8) is 0 Å². The second-order valence-electron chi connectivity index (χ2n) is 6.05. The van der Waals surface area contributed by atoms with Crippen LogP contribution >= 0.6 is 0 Å². The molecule has 2 N–H and O–H groups in total. The predicted octanol–water partition coefficient (Wildman–Crippen LogP) is 3.35. The first-order valence-electron chi connectivity index (χ1n) is 7.64. The summed E-state index contributed by atoms with van der Waals surface area (Å²) in [4.78, 5) is 4.71. The molecule has 0 radical (unpaired) electrons. The van der Waals surface area contributed by atoms with Crippen LogP contribution in [0.5, 0.6) is 0 Å². The van der Waals surface area contributed by atoms with Crippen LogP contribution in [0.4, 0.5) is 5.82 Å². The van der Waals surface area contributed by atoms with Crippen molar-refractivity contribution in [2.45, 2.75) is 59.0 Å². The van der Waals surface area contributed by atoms with Crippen molar-refractivity contribution in [1.82, 2.24) is 10.3 Å². The van der Waals surface area contributed by atoms with E-state index in [1.165, 1.54) is 24.1 Å². The van der Waals surface area contributed by atoms with E-state index in [0.29, 0.717) is 12.0 Å². The van der Waals surface area contributed by atoms with Crippen LogP contribution in [0.3, 0.4) is 0 Å². The van der Waals surface area contributed by atoms with Crippen molar-refractivity contribution < 1.29 is 0 Å². The number of hydrogen-bond donors (Lipinski definition) is 2. The lowest BCUT2D eigenvalue weighted by molar-refractivity contribution is 0.552. The molecule has 0 aliphatic heterocycles. The van der Waals surface area contributed by atoms with Crippen LogP contribution in [-0.4, -0.2) is 17.6 Å². The van der Waals surface area contributed by atoms with E-state index in [0.717, 1.165) is 31.7 Å². The Morgan fingerprint density at radius 2 is 2.11 bits per heavy atom. The average molecular weight is 261 g/mol. The topological polar surface area (TPSA) is 37.0 Å². The zero-order valence-electron chi connectivity index (χ0n) is 12.5. The number of anilines is 1. The summed E-state index contributed by atoms with van der Waals surface area (Å²) in [7, 11) is 0. The molecule has 2 rings (SSSR count). The molecule has 0 spiro atoms. The van der Waals surface area contributed by atoms with E-state index >= 15 is 0 Å². The fourth-order valence-electron chi connectivity index (χ4n) is 2.15. The maximum Gasteiger partial charge on any atom is 0.126 e. The van der Waals surface area contributed by atoms with Crippen LogP contribution in [0.15, 0.2) is 12.1 Å². The lowest BCUT2D eigenvalue weighted by atomic mass is 10.1. The number of nitrogens with zero attached hydrogens (tertiary/aromatic N) is 1. The monoisotopic (exact) mass is 261 g/mol. The van der Waals surface area contributed by atoms with Crippen molar-refractivity contribution in [3.8, 4) is 0 Å². The highest BCUT2D eigenvalue weighted by atomic mass is 15.0. The second kappa shape index (κ2) is 6.90. The van der Waals surface area contributed by atoms with Gasteiger partial charge in [0.25, 0.3) is 0 Å². The molecule has 19 heavy (non-hydrogen) atoms. The van der Waals surface area contributed by atoms with E-state index in [1.807, 2.05) is 0 Å². The van der Waals surface area contributed by atoms with Crippen molar-refractivity contribution >= 4 is 5.82 Å². The van der Waals surface area contributed by atoms with Crippen LogP contribution in [0, 0.1) is 5.92 Å². The molecule has 1 aromatic heterocycles. The molecule has 0 atom stereocenters. The number of aromatic nitrogens is 1. The van der Waals surface area contributed by atoms with E-state index in [4.69, 9.17) is 4.98 Å². The van der Waals surface area contributed by atoms with Gasteiger partial charge in [-0.3, -0.25) is 0 Å². The largest absolute Gasteiger partial charge is 0.367 e. The quantitative estimate of drug-likeness (QED) is 0.753. The van der Waals surface area contributed by atoms with Gasteiger partial charge in [-0.2, -0.15) is 0 Å². The summed E-state index contributed by atoms with van der Waals surface area (Å²) < 4.78 is 0. The molecule has 0 amide bonds. The van der Waals surface area contributed by atoms with Gasteiger partial charge in [-0.15, -0.1) is 0 Å². The lowest BCUT2D eigenvalue weighted by Crippen LogP contribution is -2.19. The summed E-state index contributed by atoms with van der Waals surface area (Å²) in [5.41, 5.74) is 2.57. The van der Waals surface area contributed by atoms with Gasteiger partial charge >= 0.3 is 0 Å². The molecule has 1 aliphatic rings. The third-order valence-electron chi connectivity index (χ3n) is 3.26. The third kappa shape index (κ3) is 5.19. The normalized spacial score (nSPS) is 14.9. The fraction of sp³-hybridized carbons (Fsp3) is 0.688. The minimum absolute atomic E-state index is 0.667. The number of nitrogens with one attached hydrogen (secondary N) is 2. The van der Waals surface area contributed by atoms with Gasteiger partial charge in [-0.05, 0) is 49.4 Å². The van der Waals surface area contributed by atoms with Gasteiger partial charge in [-0.1, -0.05) is 27.2 Å². The summed E-state index contributed by atoms with van der Waals surface area (Å²) >= 11 is 0. The Morgan fingerprint density at radius 1 is 1.32 bits per heavy atom. The number of aryl methyl sites for hydroxylation is 1. The van der Waals surface area contributed by atoms with Gasteiger partial charge in [0.15, 0.2) is 0 Å². The summed E-state index contributed by atoms with van der Waals surface area (Å²) in [6, 6.07) is 5.11. The van der Waals surface area contributed by atoms with Crippen LogP contribution in [0.2, 0.25) is 0 Å². The zero-order valence-corrected chi connectivity index (χ0v) is 12.5.